The summed E-state index contributed by atoms with van der Waals surface area (Å²) in [4.78, 5) is 24.2. The predicted molar refractivity (Wildman–Crippen MR) is 45.2 cm³/mol. The van der Waals surface area contributed by atoms with Crippen molar-refractivity contribution >= 4 is 11.7 Å². The summed E-state index contributed by atoms with van der Waals surface area (Å²) in [5.41, 5.74) is -0.233. The van der Waals surface area contributed by atoms with Crippen LogP contribution in [0, 0.1) is 0 Å². The Morgan fingerprint density at radius 3 is 2.69 bits per heavy atom. The third-order valence-electron chi connectivity index (χ3n) is 2.83. The van der Waals surface area contributed by atoms with Crippen molar-refractivity contribution in [1.29, 1.82) is 0 Å². The molecule has 2 heterocycles. The maximum absolute atomic E-state index is 11.4. The van der Waals surface area contributed by atoms with E-state index >= 15 is 0 Å². The van der Waals surface area contributed by atoms with Crippen molar-refractivity contribution in [3.63, 3.8) is 0 Å². The monoisotopic (exact) mass is 183 g/mol. The van der Waals surface area contributed by atoms with Crippen molar-refractivity contribution < 1.29 is 14.3 Å². The quantitative estimate of drug-likeness (QED) is 0.536. The first-order valence-corrected chi connectivity index (χ1v) is 4.52. The van der Waals surface area contributed by atoms with Gasteiger partial charge in [-0.15, -0.1) is 0 Å². The zero-order valence-electron chi connectivity index (χ0n) is 7.71. The van der Waals surface area contributed by atoms with E-state index in [-0.39, 0.29) is 30.2 Å². The fourth-order valence-corrected chi connectivity index (χ4v) is 1.95. The number of carbonyl (C=O) groups excluding carboxylic acids is 2. The number of ether oxygens (including phenoxy) is 1. The average molecular weight is 183 g/mol. The summed E-state index contributed by atoms with van der Waals surface area (Å²) in [6.07, 6.45) is 0.918. The lowest BCUT2D eigenvalue weighted by Gasteiger charge is -2.32. The Morgan fingerprint density at radius 2 is 2.23 bits per heavy atom. The van der Waals surface area contributed by atoms with Gasteiger partial charge in [-0.2, -0.15) is 0 Å². The Kier molecular flexibility index (Phi) is 1.87. The van der Waals surface area contributed by atoms with Gasteiger partial charge in [0, 0.05) is 6.61 Å². The highest BCUT2D eigenvalue weighted by atomic mass is 16.5. The molecule has 0 aliphatic carbocycles. The van der Waals surface area contributed by atoms with Crippen molar-refractivity contribution in [1.82, 2.24) is 4.90 Å². The molecule has 0 spiro atoms. The fourth-order valence-electron chi connectivity index (χ4n) is 1.95. The van der Waals surface area contributed by atoms with Gasteiger partial charge in [-0.1, -0.05) is 0 Å². The third kappa shape index (κ3) is 1.35. The minimum atomic E-state index is -0.233. The van der Waals surface area contributed by atoms with Crippen molar-refractivity contribution in [3.8, 4) is 0 Å². The Morgan fingerprint density at radius 1 is 1.46 bits per heavy atom. The van der Waals surface area contributed by atoms with Gasteiger partial charge in [-0.3, -0.25) is 9.59 Å². The van der Waals surface area contributed by atoms with Crippen molar-refractivity contribution in [2.45, 2.75) is 25.3 Å². The molecule has 0 aromatic carbocycles. The number of amides is 1. The SMILES string of the molecule is CC1(N2CC(=O)CC2=O)CCOC1. The molecule has 2 aliphatic rings. The van der Waals surface area contributed by atoms with E-state index in [1.807, 2.05) is 6.92 Å². The van der Waals surface area contributed by atoms with Crippen molar-refractivity contribution in [3.05, 3.63) is 0 Å². The van der Waals surface area contributed by atoms with E-state index in [0.717, 1.165) is 6.42 Å². The van der Waals surface area contributed by atoms with E-state index in [1.54, 1.807) is 4.90 Å². The number of ketones is 1. The lowest BCUT2D eigenvalue weighted by atomic mass is 10.00. The molecule has 0 saturated carbocycles. The minimum absolute atomic E-state index is 0.0260. The number of nitrogens with zero attached hydrogens (tertiary/aromatic N) is 1. The summed E-state index contributed by atoms with van der Waals surface area (Å²) < 4.78 is 5.25. The van der Waals surface area contributed by atoms with Crippen LogP contribution >= 0.6 is 0 Å². The van der Waals surface area contributed by atoms with E-state index in [4.69, 9.17) is 4.74 Å². The van der Waals surface area contributed by atoms with Crippen LogP contribution in [0.3, 0.4) is 0 Å². The molecular weight excluding hydrogens is 170 g/mol. The highest BCUT2D eigenvalue weighted by molar-refractivity contribution is 6.05. The second-order valence-electron chi connectivity index (χ2n) is 3.99. The summed E-state index contributed by atoms with van der Waals surface area (Å²) in [6, 6.07) is 0. The number of rotatable bonds is 1. The molecule has 2 fully saturated rings. The number of hydrogen-bond donors (Lipinski definition) is 0. The topological polar surface area (TPSA) is 46.6 Å². The van der Waals surface area contributed by atoms with Gasteiger partial charge in [0.15, 0.2) is 5.78 Å². The third-order valence-corrected chi connectivity index (χ3v) is 2.83. The summed E-state index contributed by atoms with van der Waals surface area (Å²) in [5, 5.41) is 0. The maximum Gasteiger partial charge on any atom is 0.231 e. The van der Waals surface area contributed by atoms with Crippen molar-refractivity contribution in [2.75, 3.05) is 19.8 Å². The molecule has 72 valence electrons. The zero-order valence-corrected chi connectivity index (χ0v) is 7.71. The first-order chi connectivity index (χ1) is 6.12. The molecule has 1 atom stereocenters. The Bertz CT molecular complexity index is 256. The molecule has 1 unspecified atom stereocenters. The Hall–Kier alpha value is -0.900. The second-order valence-corrected chi connectivity index (χ2v) is 3.99. The van der Waals surface area contributed by atoms with E-state index < -0.39 is 0 Å². The smallest absolute Gasteiger partial charge is 0.231 e. The predicted octanol–water partition coefficient (Wildman–Crippen LogP) is -0.0332. The molecule has 2 rings (SSSR count). The molecule has 2 aliphatic heterocycles. The van der Waals surface area contributed by atoms with Crippen LogP contribution in [0.2, 0.25) is 0 Å². The van der Waals surface area contributed by atoms with Crippen LogP contribution in [-0.4, -0.2) is 41.9 Å². The summed E-state index contributed by atoms with van der Waals surface area (Å²) in [5.74, 6) is -0.0175. The largest absolute Gasteiger partial charge is 0.379 e. The molecule has 0 radical (unpaired) electrons. The van der Waals surface area contributed by atoms with Crippen LogP contribution < -0.4 is 0 Å². The Labute approximate surface area is 76.8 Å². The van der Waals surface area contributed by atoms with Crippen LogP contribution in [0.15, 0.2) is 0 Å². The molecule has 4 heteroatoms. The van der Waals surface area contributed by atoms with Crippen LogP contribution in [0.1, 0.15) is 19.8 Å². The van der Waals surface area contributed by atoms with Crippen LogP contribution in [0.25, 0.3) is 0 Å². The van der Waals surface area contributed by atoms with E-state index in [1.165, 1.54) is 0 Å². The van der Waals surface area contributed by atoms with Gasteiger partial charge in [0.05, 0.1) is 25.1 Å². The number of hydrogen-bond acceptors (Lipinski definition) is 3. The molecule has 0 bridgehead atoms. The first-order valence-electron chi connectivity index (χ1n) is 4.52. The maximum atomic E-state index is 11.4. The van der Waals surface area contributed by atoms with E-state index in [2.05, 4.69) is 0 Å². The summed E-state index contributed by atoms with van der Waals surface area (Å²) in [6.45, 7) is 3.51. The number of carbonyl (C=O) groups is 2. The molecular formula is C9H13NO3. The van der Waals surface area contributed by atoms with E-state index in [0.29, 0.717) is 13.2 Å². The molecule has 4 nitrogen and oxygen atoms in total. The fraction of sp³-hybridized carbons (Fsp3) is 0.778. The van der Waals surface area contributed by atoms with Crippen molar-refractivity contribution in [2.24, 2.45) is 0 Å². The first kappa shape index (κ1) is 8.69. The average Bonchev–Trinajstić information content (AvgIpc) is 2.59. The zero-order chi connectivity index (χ0) is 9.47. The standard InChI is InChI=1S/C9H13NO3/c1-9(2-3-13-6-9)10-5-7(11)4-8(10)12/h2-6H2,1H3. The lowest BCUT2D eigenvalue weighted by molar-refractivity contribution is -0.132. The molecule has 0 aromatic rings. The van der Waals surface area contributed by atoms with E-state index in [9.17, 15) is 9.59 Å². The van der Waals surface area contributed by atoms with Gasteiger partial charge in [0.1, 0.15) is 0 Å². The summed E-state index contributed by atoms with van der Waals surface area (Å²) >= 11 is 0. The number of Topliss-reactive ketones (excluding diaryl/α,β-unsaturated/α-hetero) is 1. The molecule has 0 aromatic heterocycles. The van der Waals surface area contributed by atoms with Crippen LogP contribution in [0.5, 0.6) is 0 Å². The molecule has 2 saturated heterocycles. The van der Waals surface area contributed by atoms with Crippen LogP contribution in [-0.2, 0) is 14.3 Å². The molecule has 13 heavy (non-hydrogen) atoms. The Balaban J connectivity index is 2.16. The van der Waals surface area contributed by atoms with Gasteiger partial charge < -0.3 is 9.64 Å². The van der Waals surface area contributed by atoms with Crippen LogP contribution in [0.4, 0.5) is 0 Å². The lowest BCUT2D eigenvalue weighted by Crippen LogP contribution is -2.47. The second kappa shape index (κ2) is 2.80. The molecule has 0 N–H and O–H groups in total. The normalized spacial score (nSPS) is 34.7. The highest BCUT2D eigenvalue weighted by Crippen LogP contribution is 2.28. The van der Waals surface area contributed by atoms with Gasteiger partial charge >= 0.3 is 0 Å². The van der Waals surface area contributed by atoms with Gasteiger partial charge in [0.2, 0.25) is 5.91 Å². The van der Waals surface area contributed by atoms with Gasteiger partial charge in [-0.05, 0) is 13.3 Å². The number of likely N-dealkylation sites (tertiary alicyclic amines) is 1. The molecule has 1 amide bonds. The summed E-state index contributed by atoms with van der Waals surface area (Å²) in [7, 11) is 0. The minimum Gasteiger partial charge on any atom is -0.379 e. The van der Waals surface area contributed by atoms with Gasteiger partial charge in [-0.25, -0.2) is 0 Å². The highest BCUT2D eigenvalue weighted by Gasteiger charge is 2.43. The van der Waals surface area contributed by atoms with Gasteiger partial charge in [0.25, 0.3) is 0 Å².